The predicted molar refractivity (Wildman–Crippen MR) is 88.7 cm³/mol. The molecule has 1 aromatic heterocycles. The largest absolute Gasteiger partial charge is 0.318 e. The van der Waals surface area contributed by atoms with Crippen molar-refractivity contribution in [3.63, 3.8) is 0 Å². The molecule has 1 saturated heterocycles. The molecule has 1 unspecified atom stereocenters. The molecular formula is C17H22ClN3. The summed E-state index contributed by atoms with van der Waals surface area (Å²) in [5, 5.41) is 5.16. The minimum Gasteiger partial charge on any atom is -0.318 e. The Morgan fingerprint density at radius 3 is 3.10 bits per heavy atom. The van der Waals surface area contributed by atoms with Crippen LogP contribution in [0.2, 0.25) is 5.02 Å². The Balaban J connectivity index is 1.88. The number of fused-ring (bicyclic) bond motifs is 1. The molecule has 4 heteroatoms. The van der Waals surface area contributed by atoms with Crippen molar-refractivity contribution in [2.45, 2.75) is 31.8 Å². The van der Waals surface area contributed by atoms with Gasteiger partial charge in [-0.25, -0.2) is 0 Å². The average Bonchev–Trinajstić information content (AvgIpc) is 2.52. The minimum absolute atomic E-state index is 0.623. The SMILES string of the molecule is CNCC1CCCCN1Cc1ccc(Cl)c2cccnc12. The van der Waals surface area contributed by atoms with Crippen molar-refractivity contribution >= 4 is 22.5 Å². The fourth-order valence-electron chi connectivity index (χ4n) is 3.28. The highest BCUT2D eigenvalue weighted by Crippen LogP contribution is 2.27. The number of hydrogen-bond donors (Lipinski definition) is 1. The van der Waals surface area contributed by atoms with E-state index in [1.807, 2.05) is 25.4 Å². The maximum absolute atomic E-state index is 6.29. The Labute approximate surface area is 131 Å². The Kier molecular flexibility index (Phi) is 4.73. The van der Waals surface area contributed by atoms with Crippen molar-refractivity contribution in [3.05, 3.63) is 41.0 Å². The van der Waals surface area contributed by atoms with Gasteiger partial charge in [-0.2, -0.15) is 0 Å². The number of pyridine rings is 1. The number of nitrogens with zero attached hydrogens (tertiary/aromatic N) is 2. The van der Waals surface area contributed by atoms with E-state index in [4.69, 9.17) is 11.6 Å². The van der Waals surface area contributed by atoms with E-state index in [1.54, 1.807) is 0 Å². The normalized spacial score (nSPS) is 20.0. The van der Waals surface area contributed by atoms with Gasteiger partial charge in [0.1, 0.15) is 0 Å². The molecule has 0 bridgehead atoms. The minimum atomic E-state index is 0.623. The quantitative estimate of drug-likeness (QED) is 0.937. The van der Waals surface area contributed by atoms with E-state index in [1.165, 1.54) is 31.4 Å². The van der Waals surface area contributed by atoms with Crippen molar-refractivity contribution < 1.29 is 0 Å². The maximum Gasteiger partial charge on any atom is 0.0761 e. The first-order valence-electron chi connectivity index (χ1n) is 7.70. The van der Waals surface area contributed by atoms with Crippen LogP contribution in [0.5, 0.6) is 0 Å². The highest BCUT2D eigenvalue weighted by molar-refractivity contribution is 6.35. The Bertz CT molecular complexity index is 612. The Hall–Kier alpha value is -1.16. The highest BCUT2D eigenvalue weighted by Gasteiger charge is 2.22. The summed E-state index contributed by atoms with van der Waals surface area (Å²) < 4.78 is 0. The van der Waals surface area contributed by atoms with Gasteiger partial charge in [0, 0.05) is 35.7 Å². The van der Waals surface area contributed by atoms with Crippen molar-refractivity contribution in [1.82, 2.24) is 15.2 Å². The molecule has 0 spiro atoms. The number of piperidine rings is 1. The Morgan fingerprint density at radius 2 is 2.24 bits per heavy atom. The van der Waals surface area contributed by atoms with Crippen LogP contribution in [0.3, 0.4) is 0 Å². The summed E-state index contributed by atoms with van der Waals surface area (Å²) in [4.78, 5) is 7.13. The van der Waals surface area contributed by atoms with E-state index >= 15 is 0 Å². The third-order valence-electron chi connectivity index (χ3n) is 4.36. The van der Waals surface area contributed by atoms with Crippen LogP contribution in [0.15, 0.2) is 30.5 Å². The number of nitrogens with one attached hydrogen (secondary N) is 1. The summed E-state index contributed by atoms with van der Waals surface area (Å²) in [6.45, 7) is 3.18. The summed E-state index contributed by atoms with van der Waals surface area (Å²) in [7, 11) is 2.03. The number of hydrogen-bond acceptors (Lipinski definition) is 3. The number of aromatic nitrogens is 1. The van der Waals surface area contributed by atoms with Crippen molar-refractivity contribution in [3.8, 4) is 0 Å². The fourth-order valence-corrected chi connectivity index (χ4v) is 3.49. The third-order valence-corrected chi connectivity index (χ3v) is 4.69. The smallest absolute Gasteiger partial charge is 0.0761 e. The molecule has 0 saturated carbocycles. The molecule has 3 rings (SSSR count). The van der Waals surface area contributed by atoms with E-state index in [-0.39, 0.29) is 0 Å². The van der Waals surface area contributed by atoms with Crippen LogP contribution in [0.25, 0.3) is 10.9 Å². The molecule has 1 N–H and O–H groups in total. The number of likely N-dealkylation sites (N-methyl/N-ethyl adjacent to an activating group) is 1. The van der Waals surface area contributed by atoms with Gasteiger partial charge in [-0.05, 0) is 50.2 Å². The zero-order valence-electron chi connectivity index (χ0n) is 12.5. The van der Waals surface area contributed by atoms with E-state index in [2.05, 4.69) is 27.3 Å². The van der Waals surface area contributed by atoms with E-state index in [9.17, 15) is 0 Å². The lowest BCUT2D eigenvalue weighted by molar-refractivity contribution is 0.140. The van der Waals surface area contributed by atoms with Crippen LogP contribution in [0.1, 0.15) is 24.8 Å². The first-order valence-corrected chi connectivity index (χ1v) is 8.08. The lowest BCUT2D eigenvalue weighted by atomic mass is 10.0. The van der Waals surface area contributed by atoms with Crippen molar-refractivity contribution in [2.75, 3.05) is 20.1 Å². The molecule has 0 amide bonds. The van der Waals surface area contributed by atoms with Gasteiger partial charge in [0.15, 0.2) is 0 Å². The molecule has 1 fully saturated rings. The molecule has 1 aliphatic rings. The molecule has 2 heterocycles. The number of benzene rings is 1. The number of rotatable bonds is 4. The maximum atomic E-state index is 6.29. The fraction of sp³-hybridized carbons (Fsp3) is 0.471. The van der Waals surface area contributed by atoms with Crippen molar-refractivity contribution in [2.24, 2.45) is 0 Å². The summed E-state index contributed by atoms with van der Waals surface area (Å²) in [5.41, 5.74) is 2.32. The highest BCUT2D eigenvalue weighted by atomic mass is 35.5. The van der Waals surface area contributed by atoms with Gasteiger partial charge in [0.2, 0.25) is 0 Å². The van der Waals surface area contributed by atoms with Gasteiger partial charge in [0.05, 0.1) is 5.52 Å². The van der Waals surface area contributed by atoms with Crippen LogP contribution in [0.4, 0.5) is 0 Å². The predicted octanol–water partition coefficient (Wildman–Crippen LogP) is 3.46. The van der Waals surface area contributed by atoms with Gasteiger partial charge in [-0.1, -0.05) is 24.1 Å². The van der Waals surface area contributed by atoms with Crippen LogP contribution in [-0.4, -0.2) is 36.1 Å². The second kappa shape index (κ2) is 6.73. The second-order valence-electron chi connectivity index (χ2n) is 5.78. The van der Waals surface area contributed by atoms with Gasteiger partial charge >= 0.3 is 0 Å². The second-order valence-corrected chi connectivity index (χ2v) is 6.19. The third kappa shape index (κ3) is 3.20. The molecule has 0 radical (unpaired) electrons. The molecule has 21 heavy (non-hydrogen) atoms. The monoisotopic (exact) mass is 303 g/mol. The van der Waals surface area contributed by atoms with Gasteiger partial charge < -0.3 is 5.32 Å². The number of likely N-dealkylation sites (tertiary alicyclic amines) is 1. The molecule has 112 valence electrons. The van der Waals surface area contributed by atoms with Gasteiger partial charge in [-0.3, -0.25) is 9.88 Å². The molecule has 0 aliphatic carbocycles. The molecule has 1 aromatic carbocycles. The summed E-state index contributed by atoms with van der Waals surface area (Å²) in [5.74, 6) is 0. The molecule has 1 atom stereocenters. The lowest BCUT2D eigenvalue weighted by Crippen LogP contribution is -2.44. The zero-order valence-corrected chi connectivity index (χ0v) is 13.2. The first kappa shape index (κ1) is 14.8. The van der Waals surface area contributed by atoms with Crippen molar-refractivity contribution in [1.29, 1.82) is 0 Å². The van der Waals surface area contributed by atoms with Crippen LogP contribution >= 0.6 is 11.6 Å². The standard InChI is InChI=1S/C17H22ClN3/c1-19-11-14-5-2-3-10-21(14)12-13-7-8-16(18)15-6-4-9-20-17(13)15/h4,6-9,14,19H,2-3,5,10-12H2,1H3. The Morgan fingerprint density at radius 1 is 1.33 bits per heavy atom. The zero-order chi connectivity index (χ0) is 14.7. The summed E-state index contributed by atoms with van der Waals surface area (Å²) in [6.07, 6.45) is 5.75. The van der Waals surface area contributed by atoms with Gasteiger partial charge in [-0.15, -0.1) is 0 Å². The number of halogens is 1. The lowest BCUT2D eigenvalue weighted by Gasteiger charge is -2.35. The molecule has 2 aromatic rings. The molecule has 1 aliphatic heterocycles. The average molecular weight is 304 g/mol. The molecular weight excluding hydrogens is 282 g/mol. The molecule has 3 nitrogen and oxygen atoms in total. The van der Waals surface area contributed by atoms with E-state index < -0.39 is 0 Å². The van der Waals surface area contributed by atoms with Crippen LogP contribution in [0, 0.1) is 0 Å². The topological polar surface area (TPSA) is 28.2 Å². The first-order chi connectivity index (χ1) is 10.3. The summed E-state index contributed by atoms with van der Waals surface area (Å²) >= 11 is 6.29. The van der Waals surface area contributed by atoms with E-state index in [0.29, 0.717) is 6.04 Å². The van der Waals surface area contributed by atoms with Gasteiger partial charge in [0.25, 0.3) is 0 Å². The van der Waals surface area contributed by atoms with Crippen LogP contribution in [-0.2, 0) is 6.54 Å². The van der Waals surface area contributed by atoms with E-state index in [0.717, 1.165) is 29.0 Å². The summed E-state index contributed by atoms with van der Waals surface area (Å²) in [6, 6.07) is 8.75. The van der Waals surface area contributed by atoms with Crippen LogP contribution < -0.4 is 5.32 Å².